The third kappa shape index (κ3) is 3.37. The normalized spacial score (nSPS) is 10.6. The average molecular weight is 353 g/mol. The Morgan fingerprint density at radius 3 is 2.69 bits per heavy atom. The molecule has 7 heteroatoms. The van der Waals surface area contributed by atoms with Crippen LogP contribution in [-0.4, -0.2) is 36.3 Å². The van der Waals surface area contributed by atoms with Gasteiger partial charge in [0, 0.05) is 11.9 Å². The summed E-state index contributed by atoms with van der Waals surface area (Å²) in [6.07, 6.45) is 0. The molecule has 7 nitrogen and oxygen atoms in total. The van der Waals surface area contributed by atoms with Crippen molar-refractivity contribution in [3.63, 3.8) is 0 Å². The van der Waals surface area contributed by atoms with Crippen LogP contribution in [0.4, 0.5) is 0 Å². The van der Waals surface area contributed by atoms with Crippen molar-refractivity contribution in [3.8, 4) is 5.75 Å². The lowest BCUT2D eigenvalue weighted by atomic mass is 10.1. The highest BCUT2D eigenvalue weighted by Crippen LogP contribution is 2.21. The Labute approximate surface area is 150 Å². The summed E-state index contributed by atoms with van der Waals surface area (Å²) in [5.74, 6) is -0.373. The SMILES string of the molecule is COC(=O)c1cc(CNC(=O)c2n[nH]c3ccc(C)cc23)ccc1OC. The number of methoxy groups -OCH3 is 2. The summed E-state index contributed by atoms with van der Waals surface area (Å²) >= 11 is 0. The first kappa shape index (κ1) is 17.5. The monoisotopic (exact) mass is 353 g/mol. The Hall–Kier alpha value is -3.35. The summed E-state index contributed by atoms with van der Waals surface area (Å²) in [5.41, 5.74) is 3.24. The number of hydrogen-bond donors (Lipinski definition) is 2. The smallest absolute Gasteiger partial charge is 0.341 e. The molecule has 0 aliphatic rings. The van der Waals surface area contributed by atoms with Gasteiger partial charge in [-0.1, -0.05) is 17.7 Å². The van der Waals surface area contributed by atoms with Crippen LogP contribution in [0.15, 0.2) is 36.4 Å². The second-order valence-electron chi connectivity index (χ2n) is 5.83. The molecule has 0 spiro atoms. The zero-order valence-corrected chi connectivity index (χ0v) is 14.8. The van der Waals surface area contributed by atoms with Crippen LogP contribution in [0.3, 0.4) is 0 Å². The Kier molecular flexibility index (Phi) is 4.88. The van der Waals surface area contributed by atoms with Crippen molar-refractivity contribution in [3.05, 3.63) is 58.8 Å². The van der Waals surface area contributed by atoms with Crippen LogP contribution in [0.25, 0.3) is 10.9 Å². The fraction of sp³-hybridized carbons (Fsp3) is 0.211. The van der Waals surface area contributed by atoms with Gasteiger partial charge in [-0.3, -0.25) is 9.89 Å². The van der Waals surface area contributed by atoms with E-state index in [-0.39, 0.29) is 12.5 Å². The number of hydrogen-bond acceptors (Lipinski definition) is 5. The number of esters is 1. The van der Waals surface area contributed by atoms with Gasteiger partial charge < -0.3 is 14.8 Å². The molecule has 0 unspecified atom stereocenters. The van der Waals surface area contributed by atoms with Crippen LogP contribution in [0.2, 0.25) is 0 Å². The molecule has 2 aromatic carbocycles. The number of nitrogens with one attached hydrogen (secondary N) is 2. The Balaban J connectivity index is 1.79. The van der Waals surface area contributed by atoms with E-state index in [1.807, 2.05) is 25.1 Å². The molecule has 26 heavy (non-hydrogen) atoms. The summed E-state index contributed by atoms with van der Waals surface area (Å²) in [5, 5.41) is 10.5. The van der Waals surface area contributed by atoms with Gasteiger partial charge >= 0.3 is 5.97 Å². The van der Waals surface area contributed by atoms with Gasteiger partial charge in [-0.05, 0) is 36.8 Å². The maximum atomic E-state index is 12.5. The number of fused-ring (bicyclic) bond motifs is 1. The lowest BCUT2D eigenvalue weighted by Crippen LogP contribution is -2.23. The van der Waals surface area contributed by atoms with Gasteiger partial charge in [0.25, 0.3) is 5.91 Å². The third-order valence-electron chi connectivity index (χ3n) is 4.06. The maximum absolute atomic E-state index is 12.5. The number of carbonyl (C=O) groups excluding carboxylic acids is 2. The number of aromatic nitrogens is 2. The van der Waals surface area contributed by atoms with Crippen LogP contribution in [0, 0.1) is 6.92 Å². The fourth-order valence-electron chi connectivity index (χ4n) is 2.70. The van der Waals surface area contributed by atoms with Gasteiger partial charge in [-0.15, -0.1) is 0 Å². The molecule has 1 aromatic heterocycles. The van der Waals surface area contributed by atoms with E-state index in [1.54, 1.807) is 18.2 Å². The predicted molar refractivity (Wildman–Crippen MR) is 96.3 cm³/mol. The average Bonchev–Trinajstić information content (AvgIpc) is 3.08. The highest BCUT2D eigenvalue weighted by molar-refractivity contribution is 6.04. The van der Waals surface area contributed by atoms with E-state index >= 15 is 0 Å². The first-order valence-electron chi connectivity index (χ1n) is 8.01. The van der Waals surface area contributed by atoms with Crippen LogP contribution >= 0.6 is 0 Å². The number of H-pyrrole nitrogens is 1. The number of nitrogens with zero attached hydrogens (tertiary/aromatic N) is 1. The van der Waals surface area contributed by atoms with E-state index in [0.717, 1.165) is 22.0 Å². The molecule has 134 valence electrons. The van der Waals surface area contributed by atoms with Crippen LogP contribution in [-0.2, 0) is 11.3 Å². The lowest BCUT2D eigenvalue weighted by Gasteiger charge is -2.10. The molecular weight excluding hydrogens is 334 g/mol. The number of carbonyl (C=O) groups is 2. The molecule has 0 fully saturated rings. The van der Waals surface area contributed by atoms with Gasteiger partial charge in [0.05, 0.1) is 19.7 Å². The molecule has 0 saturated heterocycles. The molecule has 0 radical (unpaired) electrons. The molecule has 2 N–H and O–H groups in total. The first-order valence-corrected chi connectivity index (χ1v) is 8.01. The van der Waals surface area contributed by atoms with Crippen molar-refractivity contribution in [2.24, 2.45) is 0 Å². The summed E-state index contributed by atoms with van der Waals surface area (Å²) in [6, 6.07) is 10.8. The van der Waals surface area contributed by atoms with Crippen LogP contribution in [0.5, 0.6) is 5.75 Å². The van der Waals surface area contributed by atoms with Crippen molar-refractivity contribution < 1.29 is 19.1 Å². The molecule has 1 heterocycles. The topological polar surface area (TPSA) is 93.3 Å². The predicted octanol–water partition coefficient (Wildman–Crippen LogP) is 2.60. The number of ether oxygens (including phenoxy) is 2. The van der Waals surface area contributed by atoms with Crippen molar-refractivity contribution in [2.75, 3.05) is 14.2 Å². The summed E-state index contributed by atoms with van der Waals surface area (Å²) < 4.78 is 9.92. The van der Waals surface area contributed by atoms with E-state index < -0.39 is 5.97 Å². The summed E-state index contributed by atoms with van der Waals surface area (Å²) in [4.78, 5) is 24.3. The molecule has 3 aromatic rings. The number of rotatable bonds is 5. The molecule has 0 saturated carbocycles. The molecule has 0 aliphatic carbocycles. The Morgan fingerprint density at radius 1 is 1.15 bits per heavy atom. The van der Waals surface area contributed by atoms with Crippen molar-refractivity contribution in [1.29, 1.82) is 0 Å². The number of aryl methyl sites for hydroxylation is 1. The Morgan fingerprint density at radius 2 is 1.96 bits per heavy atom. The minimum Gasteiger partial charge on any atom is -0.496 e. The number of amides is 1. The lowest BCUT2D eigenvalue weighted by molar-refractivity contribution is 0.0597. The third-order valence-corrected chi connectivity index (χ3v) is 4.06. The minimum absolute atomic E-state index is 0.243. The molecule has 1 amide bonds. The van der Waals surface area contributed by atoms with E-state index in [1.165, 1.54) is 14.2 Å². The molecule has 0 atom stereocenters. The highest BCUT2D eigenvalue weighted by Gasteiger charge is 2.16. The second-order valence-corrected chi connectivity index (χ2v) is 5.83. The zero-order valence-electron chi connectivity index (χ0n) is 14.8. The van der Waals surface area contributed by atoms with E-state index in [4.69, 9.17) is 9.47 Å². The van der Waals surface area contributed by atoms with E-state index in [0.29, 0.717) is 17.0 Å². The zero-order chi connectivity index (χ0) is 18.7. The summed E-state index contributed by atoms with van der Waals surface area (Å²) in [6.45, 7) is 2.20. The molecule has 0 bridgehead atoms. The molecule has 3 rings (SSSR count). The maximum Gasteiger partial charge on any atom is 0.341 e. The van der Waals surface area contributed by atoms with Crippen LogP contribution < -0.4 is 10.1 Å². The standard InChI is InChI=1S/C19H19N3O4/c1-11-4-6-15-13(8-11)17(22-21-15)18(23)20-10-12-5-7-16(25-2)14(9-12)19(24)26-3/h4-9H,10H2,1-3H3,(H,20,23)(H,21,22). The minimum atomic E-state index is -0.496. The first-order chi connectivity index (χ1) is 12.5. The summed E-state index contributed by atoms with van der Waals surface area (Å²) in [7, 11) is 2.79. The Bertz CT molecular complexity index is 978. The fourth-order valence-corrected chi connectivity index (χ4v) is 2.70. The number of aromatic amines is 1. The van der Waals surface area contributed by atoms with Crippen molar-refractivity contribution in [1.82, 2.24) is 15.5 Å². The van der Waals surface area contributed by atoms with Crippen molar-refractivity contribution in [2.45, 2.75) is 13.5 Å². The van der Waals surface area contributed by atoms with Gasteiger partial charge in [0.1, 0.15) is 11.3 Å². The largest absolute Gasteiger partial charge is 0.496 e. The molecule has 0 aliphatic heterocycles. The quantitative estimate of drug-likeness (QED) is 0.688. The molecular formula is C19H19N3O4. The number of benzene rings is 2. The van der Waals surface area contributed by atoms with Crippen molar-refractivity contribution >= 4 is 22.8 Å². The van der Waals surface area contributed by atoms with Crippen LogP contribution in [0.1, 0.15) is 32.0 Å². The van der Waals surface area contributed by atoms with Gasteiger partial charge in [0.15, 0.2) is 5.69 Å². The van der Waals surface area contributed by atoms with Gasteiger partial charge in [0.2, 0.25) is 0 Å². The van der Waals surface area contributed by atoms with E-state index in [9.17, 15) is 9.59 Å². The highest BCUT2D eigenvalue weighted by atomic mass is 16.5. The van der Waals surface area contributed by atoms with Gasteiger partial charge in [-0.25, -0.2) is 4.79 Å². The van der Waals surface area contributed by atoms with Gasteiger partial charge in [-0.2, -0.15) is 5.10 Å². The van der Waals surface area contributed by atoms with E-state index in [2.05, 4.69) is 15.5 Å². The second kappa shape index (κ2) is 7.26.